The summed E-state index contributed by atoms with van der Waals surface area (Å²) in [5.74, 6) is 1.18. The average Bonchev–Trinajstić information content (AvgIpc) is 2.61. The van der Waals surface area contributed by atoms with Gasteiger partial charge in [-0.3, -0.25) is 4.98 Å². The molecule has 134 valence electrons. The highest BCUT2D eigenvalue weighted by Gasteiger charge is 2.25. The van der Waals surface area contributed by atoms with Crippen molar-refractivity contribution >= 4 is 17.0 Å². The fourth-order valence-electron chi connectivity index (χ4n) is 3.05. The van der Waals surface area contributed by atoms with Gasteiger partial charge in [0.2, 0.25) is 0 Å². The first kappa shape index (κ1) is 17.5. The second-order valence-electron chi connectivity index (χ2n) is 7.06. The number of amides is 1. The molecular weight excluding hydrogens is 316 g/mol. The van der Waals surface area contributed by atoms with Gasteiger partial charge in [0.15, 0.2) is 0 Å². The van der Waals surface area contributed by atoms with Crippen LogP contribution in [-0.4, -0.2) is 41.8 Å². The maximum atomic E-state index is 12.0. The number of piperidine rings is 1. The summed E-state index contributed by atoms with van der Waals surface area (Å²) in [6.07, 6.45) is 3.31. The predicted molar refractivity (Wildman–Crippen MR) is 97.9 cm³/mol. The summed E-state index contributed by atoms with van der Waals surface area (Å²) < 4.78 is 11.5. The van der Waals surface area contributed by atoms with E-state index in [0.29, 0.717) is 25.6 Å². The molecular formula is C20H26N2O3. The Balaban J connectivity index is 1.60. The minimum Gasteiger partial charge on any atom is -0.488 e. The van der Waals surface area contributed by atoms with E-state index in [0.717, 1.165) is 29.5 Å². The van der Waals surface area contributed by atoms with E-state index >= 15 is 0 Å². The highest BCUT2D eigenvalue weighted by atomic mass is 16.6. The Bertz CT molecular complexity index is 737. The predicted octanol–water partition coefficient (Wildman–Crippen LogP) is 4.18. The zero-order valence-electron chi connectivity index (χ0n) is 15.2. The molecule has 2 aromatic rings. The van der Waals surface area contributed by atoms with Crippen LogP contribution in [0, 0.1) is 12.8 Å². The number of nitrogens with zero attached hydrogens (tertiary/aromatic N) is 2. The number of para-hydroxylation sites is 1. The lowest BCUT2D eigenvalue weighted by atomic mass is 10.1. The number of pyridine rings is 1. The molecule has 0 saturated carbocycles. The van der Waals surface area contributed by atoms with E-state index in [1.165, 1.54) is 5.56 Å². The maximum Gasteiger partial charge on any atom is 0.409 e. The first-order valence-corrected chi connectivity index (χ1v) is 8.97. The molecule has 2 heterocycles. The summed E-state index contributed by atoms with van der Waals surface area (Å²) in [6.45, 7) is 7.95. The van der Waals surface area contributed by atoms with Crippen molar-refractivity contribution in [1.29, 1.82) is 0 Å². The van der Waals surface area contributed by atoms with Crippen molar-refractivity contribution in [3.8, 4) is 5.75 Å². The largest absolute Gasteiger partial charge is 0.488 e. The van der Waals surface area contributed by atoms with E-state index in [2.05, 4.69) is 18.0 Å². The average molecular weight is 342 g/mol. The molecule has 0 bridgehead atoms. The molecule has 1 saturated heterocycles. The van der Waals surface area contributed by atoms with E-state index in [1.54, 1.807) is 4.90 Å². The van der Waals surface area contributed by atoms with Crippen LogP contribution in [0.25, 0.3) is 10.9 Å². The Morgan fingerprint density at radius 1 is 1.28 bits per heavy atom. The maximum absolute atomic E-state index is 12.0. The summed E-state index contributed by atoms with van der Waals surface area (Å²) in [4.78, 5) is 18.3. The summed E-state index contributed by atoms with van der Waals surface area (Å²) in [5, 5.41) is 1.12. The van der Waals surface area contributed by atoms with E-state index in [1.807, 2.05) is 38.2 Å². The van der Waals surface area contributed by atoms with Crippen molar-refractivity contribution in [3.05, 3.63) is 36.0 Å². The van der Waals surface area contributed by atoms with Crippen LogP contribution >= 0.6 is 0 Å². The summed E-state index contributed by atoms with van der Waals surface area (Å²) in [6, 6.07) is 8.05. The number of aromatic nitrogens is 1. The van der Waals surface area contributed by atoms with Crippen LogP contribution in [0.1, 0.15) is 32.3 Å². The number of likely N-dealkylation sites (tertiary alicyclic amines) is 1. The molecule has 25 heavy (non-hydrogen) atoms. The van der Waals surface area contributed by atoms with Crippen LogP contribution in [0.2, 0.25) is 0 Å². The molecule has 1 aromatic carbocycles. The quantitative estimate of drug-likeness (QED) is 0.836. The van der Waals surface area contributed by atoms with Gasteiger partial charge in [0, 0.05) is 37.5 Å². The van der Waals surface area contributed by atoms with Crippen LogP contribution in [0.15, 0.2) is 30.5 Å². The molecule has 0 unspecified atom stereocenters. The summed E-state index contributed by atoms with van der Waals surface area (Å²) >= 11 is 0. The third kappa shape index (κ3) is 4.21. The standard InChI is InChI=1S/C20H26N2O3/c1-14(2)13-24-20(23)22-11-8-16(9-12-22)25-18-6-4-5-17-15(3)7-10-21-19(17)18/h4-7,10,14,16H,8-9,11-13H2,1-3H3. The van der Waals surface area contributed by atoms with Crippen LogP contribution in [0.3, 0.4) is 0 Å². The lowest BCUT2D eigenvalue weighted by molar-refractivity contribution is 0.0622. The van der Waals surface area contributed by atoms with Gasteiger partial charge in [-0.2, -0.15) is 0 Å². The molecule has 3 rings (SSSR count). The lowest BCUT2D eigenvalue weighted by Crippen LogP contribution is -2.42. The monoisotopic (exact) mass is 342 g/mol. The Hall–Kier alpha value is -2.30. The van der Waals surface area contributed by atoms with Gasteiger partial charge in [-0.15, -0.1) is 0 Å². The van der Waals surface area contributed by atoms with Gasteiger partial charge in [-0.05, 0) is 30.5 Å². The van der Waals surface area contributed by atoms with Crippen LogP contribution in [-0.2, 0) is 4.74 Å². The number of ether oxygens (including phenoxy) is 2. The lowest BCUT2D eigenvalue weighted by Gasteiger charge is -2.31. The Morgan fingerprint density at radius 2 is 2.04 bits per heavy atom. The molecule has 1 aromatic heterocycles. The van der Waals surface area contributed by atoms with E-state index in [-0.39, 0.29) is 12.2 Å². The van der Waals surface area contributed by atoms with Gasteiger partial charge >= 0.3 is 6.09 Å². The molecule has 1 aliphatic rings. The molecule has 0 N–H and O–H groups in total. The van der Waals surface area contributed by atoms with Crippen molar-refractivity contribution in [2.24, 2.45) is 5.92 Å². The summed E-state index contributed by atoms with van der Waals surface area (Å²) in [7, 11) is 0. The van der Waals surface area contributed by atoms with Gasteiger partial charge < -0.3 is 14.4 Å². The van der Waals surface area contributed by atoms with E-state index < -0.39 is 0 Å². The summed E-state index contributed by atoms with van der Waals surface area (Å²) in [5.41, 5.74) is 2.10. The first-order chi connectivity index (χ1) is 12.0. The number of carbonyl (C=O) groups is 1. The van der Waals surface area contributed by atoms with Crippen molar-refractivity contribution in [1.82, 2.24) is 9.88 Å². The Kier molecular flexibility index (Phi) is 5.41. The SMILES string of the molecule is Cc1ccnc2c(OC3CCN(C(=O)OCC(C)C)CC3)cccc12. The van der Waals surface area contributed by atoms with Crippen molar-refractivity contribution in [2.75, 3.05) is 19.7 Å². The minimum absolute atomic E-state index is 0.0991. The number of rotatable bonds is 4. The fourth-order valence-corrected chi connectivity index (χ4v) is 3.05. The second-order valence-corrected chi connectivity index (χ2v) is 7.06. The van der Waals surface area contributed by atoms with Crippen molar-refractivity contribution in [2.45, 2.75) is 39.7 Å². The first-order valence-electron chi connectivity index (χ1n) is 8.97. The number of hydrogen-bond acceptors (Lipinski definition) is 4. The zero-order chi connectivity index (χ0) is 17.8. The molecule has 1 aliphatic heterocycles. The molecule has 5 nitrogen and oxygen atoms in total. The normalized spacial score (nSPS) is 15.6. The van der Waals surface area contributed by atoms with Crippen molar-refractivity contribution < 1.29 is 14.3 Å². The Labute approximate surface area is 148 Å². The van der Waals surface area contributed by atoms with Gasteiger partial charge in [0.05, 0.1) is 6.61 Å². The molecule has 1 amide bonds. The number of benzene rings is 1. The highest BCUT2D eigenvalue weighted by molar-refractivity contribution is 5.87. The van der Waals surface area contributed by atoms with E-state index in [4.69, 9.17) is 9.47 Å². The van der Waals surface area contributed by atoms with E-state index in [9.17, 15) is 4.79 Å². The van der Waals surface area contributed by atoms with Crippen LogP contribution < -0.4 is 4.74 Å². The molecule has 0 spiro atoms. The molecule has 5 heteroatoms. The molecule has 1 fully saturated rings. The topological polar surface area (TPSA) is 51.7 Å². The minimum atomic E-state index is -0.213. The fraction of sp³-hybridized carbons (Fsp3) is 0.500. The third-order valence-corrected chi connectivity index (χ3v) is 4.49. The molecule has 0 atom stereocenters. The second kappa shape index (κ2) is 7.72. The van der Waals surface area contributed by atoms with Crippen LogP contribution in [0.4, 0.5) is 4.79 Å². The number of hydrogen-bond donors (Lipinski definition) is 0. The number of fused-ring (bicyclic) bond motifs is 1. The van der Waals surface area contributed by atoms with Crippen molar-refractivity contribution in [3.63, 3.8) is 0 Å². The van der Waals surface area contributed by atoms with Gasteiger partial charge in [-0.1, -0.05) is 26.0 Å². The number of aryl methyl sites for hydroxylation is 1. The van der Waals surface area contributed by atoms with Gasteiger partial charge in [0.25, 0.3) is 0 Å². The smallest absolute Gasteiger partial charge is 0.409 e. The van der Waals surface area contributed by atoms with Gasteiger partial charge in [0.1, 0.15) is 17.4 Å². The van der Waals surface area contributed by atoms with Gasteiger partial charge in [-0.25, -0.2) is 4.79 Å². The Morgan fingerprint density at radius 3 is 2.76 bits per heavy atom. The number of carbonyl (C=O) groups excluding carboxylic acids is 1. The highest BCUT2D eigenvalue weighted by Crippen LogP contribution is 2.28. The zero-order valence-corrected chi connectivity index (χ0v) is 15.2. The molecule has 0 aliphatic carbocycles. The van der Waals surface area contributed by atoms with Crippen LogP contribution in [0.5, 0.6) is 5.75 Å². The third-order valence-electron chi connectivity index (χ3n) is 4.49. The molecule has 0 radical (unpaired) electrons.